The van der Waals surface area contributed by atoms with Gasteiger partial charge in [0.1, 0.15) is 5.82 Å². The van der Waals surface area contributed by atoms with Crippen LogP contribution in [0.25, 0.3) is 0 Å². The number of hydrogen-bond acceptors (Lipinski definition) is 4. The summed E-state index contributed by atoms with van der Waals surface area (Å²) < 4.78 is 0. The Morgan fingerprint density at radius 2 is 2.24 bits per heavy atom. The van der Waals surface area contributed by atoms with Crippen LogP contribution in [0.15, 0.2) is 6.07 Å². The van der Waals surface area contributed by atoms with E-state index < -0.39 is 0 Å². The zero-order valence-electron chi connectivity index (χ0n) is 10.1. The number of aromatic nitrogens is 2. The van der Waals surface area contributed by atoms with Gasteiger partial charge in [-0.1, -0.05) is 0 Å². The average molecular weight is 277 g/mol. The maximum atomic E-state index is 5.87. The molecule has 1 aromatic heterocycles. The van der Waals surface area contributed by atoms with E-state index in [9.17, 15) is 0 Å². The lowest BCUT2D eigenvalue weighted by Gasteiger charge is -2.32. The molecule has 0 bridgehead atoms. The highest BCUT2D eigenvalue weighted by Gasteiger charge is 2.19. The van der Waals surface area contributed by atoms with Crippen LogP contribution in [-0.4, -0.2) is 36.1 Å². The van der Waals surface area contributed by atoms with Crippen molar-refractivity contribution in [2.45, 2.75) is 25.8 Å². The summed E-state index contributed by atoms with van der Waals surface area (Å²) in [5.41, 5.74) is 0.908. The molecule has 6 heteroatoms. The van der Waals surface area contributed by atoms with Gasteiger partial charge in [-0.05, 0) is 37.9 Å². The number of likely N-dealkylation sites (N-methyl/N-ethyl adjacent to an activating group) is 1. The van der Waals surface area contributed by atoms with Crippen LogP contribution in [0.5, 0.6) is 0 Å². The van der Waals surface area contributed by atoms with E-state index in [2.05, 4.69) is 27.2 Å². The third kappa shape index (κ3) is 3.69. The zero-order valence-corrected chi connectivity index (χ0v) is 11.7. The molecule has 1 saturated heterocycles. The predicted molar refractivity (Wildman–Crippen MR) is 73.3 cm³/mol. The first-order chi connectivity index (χ1) is 7.66. The van der Waals surface area contributed by atoms with E-state index >= 15 is 0 Å². The molecule has 1 N–H and O–H groups in total. The summed E-state index contributed by atoms with van der Waals surface area (Å²) in [6.07, 6.45) is 2.41. The van der Waals surface area contributed by atoms with Gasteiger partial charge in [0.15, 0.2) is 0 Å². The van der Waals surface area contributed by atoms with Gasteiger partial charge in [0.2, 0.25) is 5.28 Å². The summed E-state index contributed by atoms with van der Waals surface area (Å²) >= 11 is 5.87. The molecule has 1 aliphatic rings. The highest BCUT2D eigenvalue weighted by Crippen LogP contribution is 2.18. The second-order valence-electron chi connectivity index (χ2n) is 4.25. The maximum absolute atomic E-state index is 5.87. The van der Waals surface area contributed by atoms with Crippen LogP contribution < -0.4 is 10.2 Å². The molecule has 0 amide bonds. The first-order valence-corrected chi connectivity index (χ1v) is 5.99. The van der Waals surface area contributed by atoms with Gasteiger partial charge in [-0.3, -0.25) is 0 Å². The molecule has 17 heavy (non-hydrogen) atoms. The van der Waals surface area contributed by atoms with Crippen molar-refractivity contribution in [3.05, 3.63) is 17.0 Å². The molecule has 1 fully saturated rings. The largest absolute Gasteiger partial charge is 0.355 e. The molecule has 0 spiro atoms. The number of halogens is 2. The van der Waals surface area contributed by atoms with Crippen molar-refractivity contribution >= 4 is 29.8 Å². The number of nitrogens with one attached hydrogen (secondary N) is 1. The van der Waals surface area contributed by atoms with Gasteiger partial charge in [-0.2, -0.15) is 0 Å². The van der Waals surface area contributed by atoms with Crippen molar-refractivity contribution in [1.29, 1.82) is 0 Å². The highest BCUT2D eigenvalue weighted by atomic mass is 35.5. The minimum atomic E-state index is 0. The quantitative estimate of drug-likeness (QED) is 0.840. The number of rotatable bonds is 2. The molecular formula is C11H18Cl2N4. The van der Waals surface area contributed by atoms with E-state index in [4.69, 9.17) is 11.6 Å². The fraction of sp³-hybridized carbons (Fsp3) is 0.636. The van der Waals surface area contributed by atoms with E-state index in [-0.39, 0.29) is 12.4 Å². The summed E-state index contributed by atoms with van der Waals surface area (Å²) in [6.45, 7) is 4.06. The molecule has 96 valence electrons. The zero-order chi connectivity index (χ0) is 11.5. The minimum Gasteiger partial charge on any atom is -0.355 e. The third-order valence-electron chi connectivity index (χ3n) is 2.99. The Morgan fingerprint density at radius 3 is 2.82 bits per heavy atom. The molecule has 1 aromatic rings. The van der Waals surface area contributed by atoms with E-state index in [1.165, 1.54) is 12.8 Å². The van der Waals surface area contributed by atoms with Gasteiger partial charge in [-0.15, -0.1) is 12.4 Å². The van der Waals surface area contributed by atoms with Gasteiger partial charge >= 0.3 is 0 Å². The topological polar surface area (TPSA) is 41.0 Å². The fourth-order valence-corrected chi connectivity index (χ4v) is 2.27. The van der Waals surface area contributed by atoms with Gasteiger partial charge in [0, 0.05) is 31.4 Å². The van der Waals surface area contributed by atoms with Gasteiger partial charge < -0.3 is 10.2 Å². The molecule has 2 heterocycles. The van der Waals surface area contributed by atoms with Crippen LogP contribution in [0.3, 0.4) is 0 Å². The molecule has 0 aromatic carbocycles. The van der Waals surface area contributed by atoms with Crippen molar-refractivity contribution in [3.8, 4) is 0 Å². The lowest BCUT2D eigenvalue weighted by Crippen LogP contribution is -2.44. The van der Waals surface area contributed by atoms with Crippen molar-refractivity contribution in [3.63, 3.8) is 0 Å². The maximum Gasteiger partial charge on any atom is 0.224 e. The molecule has 2 rings (SSSR count). The van der Waals surface area contributed by atoms with Gasteiger partial charge in [0.05, 0.1) is 0 Å². The van der Waals surface area contributed by atoms with Crippen LogP contribution in [0.1, 0.15) is 18.5 Å². The third-order valence-corrected chi connectivity index (χ3v) is 3.16. The average Bonchev–Trinajstić information content (AvgIpc) is 2.28. The van der Waals surface area contributed by atoms with E-state index in [0.717, 1.165) is 24.6 Å². The molecule has 0 saturated carbocycles. The number of aryl methyl sites for hydroxylation is 1. The lowest BCUT2D eigenvalue weighted by molar-refractivity contribution is 0.443. The van der Waals surface area contributed by atoms with Crippen molar-refractivity contribution in [1.82, 2.24) is 15.3 Å². The Hall–Kier alpha value is -0.580. The van der Waals surface area contributed by atoms with Crippen molar-refractivity contribution in [2.24, 2.45) is 0 Å². The van der Waals surface area contributed by atoms with Crippen molar-refractivity contribution < 1.29 is 0 Å². The number of hydrogen-bond donors (Lipinski definition) is 1. The molecular weight excluding hydrogens is 259 g/mol. The number of anilines is 1. The summed E-state index contributed by atoms with van der Waals surface area (Å²) in [4.78, 5) is 10.5. The SMILES string of the molecule is Cc1cc(N(C)[C@@H]2CCCNC2)nc(Cl)n1.Cl. The number of piperidine rings is 1. The fourth-order valence-electron chi connectivity index (χ4n) is 2.05. The van der Waals surface area contributed by atoms with E-state index in [1.807, 2.05) is 13.0 Å². The Labute approximate surface area is 113 Å². The standard InChI is InChI=1S/C11H17ClN4.ClH/c1-8-6-10(15-11(12)14-8)16(2)9-4-3-5-13-7-9;/h6,9,13H,3-5,7H2,1-2H3;1H/t9-;/m1./s1. The monoisotopic (exact) mass is 276 g/mol. The van der Waals surface area contributed by atoms with E-state index in [0.29, 0.717) is 11.3 Å². The Balaban J connectivity index is 0.00000144. The summed E-state index contributed by atoms with van der Waals surface area (Å²) in [5.74, 6) is 0.909. The van der Waals surface area contributed by atoms with Crippen LogP contribution in [-0.2, 0) is 0 Å². The van der Waals surface area contributed by atoms with Gasteiger partial charge in [-0.25, -0.2) is 9.97 Å². The Bertz CT molecular complexity index is 346. The highest BCUT2D eigenvalue weighted by molar-refractivity contribution is 6.28. The smallest absolute Gasteiger partial charge is 0.224 e. The number of nitrogens with zero attached hydrogens (tertiary/aromatic N) is 3. The molecule has 0 aliphatic carbocycles. The lowest BCUT2D eigenvalue weighted by atomic mass is 10.1. The Morgan fingerprint density at radius 1 is 1.47 bits per heavy atom. The van der Waals surface area contributed by atoms with Crippen LogP contribution in [0, 0.1) is 6.92 Å². The van der Waals surface area contributed by atoms with Crippen LogP contribution in [0.2, 0.25) is 5.28 Å². The summed E-state index contributed by atoms with van der Waals surface area (Å²) in [6, 6.07) is 2.47. The first-order valence-electron chi connectivity index (χ1n) is 5.61. The molecule has 0 radical (unpaired) electrons. The van der Waals surface area contributed by atoms with Crippen LogP contribution in [0.4, 0.5) is 5.82 Å². The normalized spacial score (nSPS) is 19.6. The molecule has 1 atom stereocenters. The molecule has 0 unspecified atom stereocenters. The Kier molecular flexibility index (Phi) is 5.43. The minimum absolute atomic E-state index is 0. The molecule has 1 aliphatic heterocycles. The first kappa shape index (κ1) is 14.5. The van der Waals surface area contributed by atoms with Crippen LogP contribution >= 0.6 is 24.0 Å². The molecule has 4 nitrogen and oxygen atoms in total. The predicted octanol–water partition coefficient (Wildman–Crippen LogP) is 2.05. The van der Waals surface area contributed by atoms with Crippen molar-refractivity contribution in [2.75, 3.05) is 25.0 Å². The summed E-state index contributed by atoms with van der Waals surface area (Å²) in [5, 5.41) is 3.72. The second kappa shape index (κ2) is 6.38. The second-order valence-corrected chi connectivity index (χ2v) is 4.59. The van der Waals surface area contributed by atoms with Gasteiger partial charge in [0.25, 0.3) is 0 Å². The summed E-state index contributed by atoms with van der Waals surface area (Å²) in [7, 11) is 2.07. The van der Waals surface area contributed by atoms with E-state index in [1.54, 1.807) is 0 Å².